The molecular formula is C16H24N2O2S. The van der Waals surface area contributed by atoms with Gasteiger partial charge in [0.05, 0.1) is 10.7 Å². The highest BCUT2D eigenvalue weighted by Crippen LogP contribution is 2.42. The second kappa shape index (κ2) is 6.44. The van der Waals surface area contributed by atoms with E-state index in [1.807, 2.05) is 0 Å². The molecule has 3 rings (SSSR count). The zero-order valence-corrected chi connectivity index (χ0v) is 13.5. The first-order valence-corrected chi connectivity index (χ1v) is 8.97. The summed E-state index contributed by atoms with van der Waals surface area (Å²) >= 11 is 1.40. The van der Waals surface area contributed by atoms with Crippen LogP contribution in [0.4, 0.5) is 0 Å². The number of carboxylic acid groups (broad SMARTS) is 1. The van der Waals surface area contributed by atoms with E-state index in [1.165, 1.54) is 43.6 Å². The van der Waals surface area contributed by atoms with Crippen LogP contribution >= 0.6 is 11.3 Å². The highest BCUT2D eigenvalue weighted by atomic mass is 32.1. The lowest BCUT2D eigenvalue weighted by atomic mass is 10.00. The number of piperidine rings is 1. The Hall–Kier alpha value is -0.940. The average Bonchev–Trinajstić information content (AvgIpc) is 3.25. The van der Waals surface area contributed by atoms with Crippen LogP contribution in [-0.2, 0) is 6.42 Å². The Kier molecular flexibility index (Phi) is 4.60. The number of hydrogen-bond acceptors (Lipinski definition) is 4. The first-order chi connectivity index (χ1) is 10.2. The Morgan fingerprint density at radius 3 is 2.86 bits per heavy atom. The van der Waals surface area contributed by atoms with Crippen molar-refractivity contribution in [1.29, 1.82) is 0 Å². The van der Waals surface area contributed by atoms with Crippen molar-refractivity contribution in [3.8, 4) is 0 Å². The molecule has 1 aromatic rings. The normalized spacial score (nSPS) is 23.4. The molecule has 1 saturated heterocycles. The van der Waals surface area contributed by atoms with Gasteiger partial charge in [-0.3, -0.25) is 4.90 Å². The topological polar surface area (TPSA) is 53.4 Å². The third-order valence-corrected chi connectivity index (χ3v) is 5.81. The summed E-state index contributed by atoms with van der Waals surface area (Å²) in [5, 5.41) is 10.3. The summed E-state index contributed by atoms with van der Waals surface area (Å²) in [6.45, 7) is 4.47. The summed E-state index contributed by atoms with van der Waals surface area (Å²) in [6.07, 6.45) is 8.27. The predicted molar refractivity (Wildman–Crippen MR) is 84.3 cm³/mol. The Labute approximate surface area is 130 Å². The van der Waals surface area contributed by atoms with E-state index >= 15 is 0 Å². The molecule has 1 atom stereocenters. The van der Waals surface area contributed by atoms with Crippen molar-refractivity contribution >= 4 is 17.3 Å². The van der Waals surface area contributed by atoms with E-state index in [2.05, 4.69) is 16.8 Å². The summed E-state index contributed by atoms with van der Waals surface area (Å²) in [4.78, 5) is 19.0. The number of carboxylic acids is 1. The van der Waals surface area contributed by atoms with Crippen LogP contribution in [0.3, 0.4) is 0 Å². The van der Waals surface area contributed by atoms with Crippen LogP contribution in [0.2, 0.25) is 0 Å². The van der Waals surface area contributed by atoms with E-state index in [-0.39, 0.29) is 0 Å². The molecule has 1 aromatic heterocycles. The van der Waals surface area contributed by atoms with E-state index in [4.69, 9.17) is 0 Å². The number of thiazole rings is 1. The van der Waals surface area contributed by atoms with Crippen molar-refractivity contribution in [2.24, 2.45) is 0 Å². The van der Waals surface area contributed by atoms with Crippen molar-refractivity contribution in [1.82, 2.24) is 9.88 Å². The van der Waals surface area contributed by atoms with Gasteiger partial charge in [0.25, 0.3) is 0 Å². The van der Waals surface area contributed by atoms with Crippen molar-refractivity contribution in [2.45, 2.75) is 63.8 Å². The molecule has 1 aliphatic carbocycles. The van der Waals surface area contributed by atoms with E-state index in [1.54, 1.807) is 0 Å². The number of aromatic carboxylic acids is 1. The monoisotopic (exact) mass is 308 g/mol. The van der Waals surface area contributed by atoms with Gasteiger partial charge < -0.3 is 5.11 Å². The number of likely N-dealkylation sites (tertiary alicyclic amines) is 1. The van der Waals surface area contributed by atoms with Crippen LogP contribution in [0.25, 0.3) is 0 Å². The van der Waals surface area contributed by atoms with Crippen molar-refractivity contribution in [3.05, 3.63) is 15.6 Å². The minimum Gasteiger partial charge on any atom is -0.477 e. The van der Waals surface area contributed by atoms with E-state index in [9.17, 15) is 9.90 Å². The molecular weight excluding hydrogens is 284 g/mol. The molecule has 4 nitrogen and oxygen atoms in total. The predicted octanol–water partition coefficient (Wildman–Crippen LogP) is 3.53. The molecule has 1 unspecified atom stereocenters. The van der Waals surface area contributed by atoms with Gasteiger partial charge in [0.2, 0.25) is 0 Å². The third kappa shape index (κ3) is 3.46. The van der Waals surface area contributed by atoms with Gasteiger partial charge in [-0.15, -0.1) is 11.3 Å². The fourth-order valence-corrected chi connectivity index (χ4v) is 4.30. The van der Waals surface area contributed by atoms with Crippen LogP contribution in [-0.4, -0.2) is 40.1 Å². The fourth-order valence-electron chi connectivity index (χ4n) is 3.33. The molecule has 0 aromatic carbocycles. The van der Waals surface area contributed by atoms with Crippen LogP contribution in [0.5, 0.6) is 0 Å². The number of aromatic nitrogens is 1. The molecule has 2 heterocycles. The van der Waals surface area contributed by atoms with Crippen molar-refractivity contribution in [2.75, 3.05) is 13.1 Å². The van der Waals surface area contributed by atoms with Gasteiger partial charge in [-0.05, 0) is 38.6 Å². The fraction of sp³-hybridized carbons (Fsp3) is 0.750. The summed E-state index contributed by atoms with van der Waals surface area (Å²) in [7, 11) is 0. The van der Waals surface area contributed by atoms with Gasteiger partial charge in [0.15, 0.2) is 0 Å². The zero-order valence-electron chi connectivity index (χ0n) is 12.7. The second-order valence-electron chi connectivity index (χ2n) is 6.25. The van der Waals surface area contributed by atoms with Gasteiger partial charge in [-0.25, -0.2) is 9.78 Å². The van der Waals surface area contributed by atoms with Gasteiger partial charge in [0, 0.05) is 24.9 Å². The molecule has 1 saturated carbocycles. The molecule has 0 spiro atoms. The van der Waals surface area contributed by atoms with Crippen molar-refractivity contribution < 1.29 is 9.90 Å². The first kappa shape index (κ1) is 15.0. The van der Waals surface area contributed by atoms with Crippen LogP contribution in [0.1, 0.15) is 71.7 Å². The van der Waals surface area contributed by atoms with E-state index < -0.39 is 5.97 Å². The molecule has 21 heavy (non-hydrogen) atoms. The Morgan fingerprint density at radius 2 is 2.19 bits per heavy atom. The highest BCUT2D eigenvalue weighted by Gasteiger charge is 2.32. The SMILES string of the molecule is CCC1CCCCN1CCc1nc(C2CC2)c(C(=O)O)s1. The lowest BCUT2D eigenvalue weighted by Crippen LogP contribution is -2.40. The minimum absolute atomic E-state index is 0.416. The van der Waals surface area contributed by atoms with Gasteiger partial charge >= 0.3 is 5.97 Å². The largest absolute Gasteiger partial charge is 0.477 e. The van der Waals surface area contributed by atoms with Crippen LogP contribution in [0, 0.1) is 0 Å². The van der Waals surface area contributed by atoms with Crippen molar-refractivity contribution in [3.63, 3.8) is 0 Å². The quantitative estimate of drug-likeness (QED) is 0.873. The first-order valence-electron chi connectivity index (χ1n) is 8.16. The van der Waals surface area contributed by atoms with Gasteiger partial charge in [-0.1, -0.05) is 13.3 Å². The lowest BCUT2D eigenvalue weighted by Gasteiger charge is -2.34. The van der Waals surface area contributed by atoms with Crippen LogP contribution in [0.15, 0.2) is 0 Å². The van der Waals surface area contributed by atoms with Gasteiger partial charge in [-0.2, -0.15) is 0 Å². The summed E-state index contributed by atoms with van der Waals surface area (Å²) in [5.41, 5.74) is 0.855. The Morgan fingerprint density at radius 1 is 1.38 bits per heavy atom. The highest BCUT2D eigenvalue weighted by molar-refractivity contribution is 7.13. The molecule has 1 aliphatic heterocycles. The molecule has 1 N–H and O–H groups in total. The molecule has 0 radical (unpaired) electrons. The van der Waals surface area contributed by atoms with Crippen LogP contribution < -0.4 is 0 Å². The summed E-state index contributed by atoms with van der Waals surface area (Å²) in [6, 6.07) is 0.709. The zero-order chi connectivity index (χ0) is 14.8. The molecule has 2 fully saturated rings. The maximum absolute atomic E-state index is 11.3. The maximum Gasteiger partial charge on any atom is 0.347 e. The molecule has 116 valence electrons. The minimum atomic E-state index is -0.801. The standard InChI is InChI=1S/C16H24N2O2S/c1-2-12-5-3-4-9-18(12)10-8-13-17-14(11-6-7-11)15(21-13)16(19)20/h11-12H,2-10H2,1H3,(H,19,20). The molecule has 5 heteroatoms. The number of rotatable bonds is 6. The Bertz CT molecular complexity index is 510. The molecule has 0 amide bonds. The average molecular weight is 308 g/mol. The smallest absolute Gasteiger partial charge is 0.347 e. The summed E-state index contributed by atoms with van der Waals surface area (Å²) in [5.74, 6) is -0.385. The number of hydrogen-bond donors (Lipinski definition) is 1. The lowest BCUT2D eigenvalue weighted by molar-refractivity contribution is 0.0700. The number of nitrogens with zero attached hydrogens (tertiary/aromatic N) is 2. The summed E-state index contributed by atoms with van der Waals surface area (Å²) < 4.78 is 0. The van der Waals surface area contributed by atoms with E-state index in [0.717, 1.165) is 36.5 Å². The third-order valence-electron chi connectivity index (χ3n) is 4.69. The maximum atomic E-state index is 11.3. The Balaban J connectivity index is 1.64. The van der Waals surface area contributed by atoms with Gasteiger partial charge in [0.1, 0.15) is 4.88 Å². The second-order valence-corrected chi connectivity index (χ2v) is 7.33. The van der Waals surface area contributed by atoms with E-state index in [0.29, 0.717) is 16.8 Å². The molecule has 0 bridgehead atoms. The molecule has 2 aliphatic rings. The number of carbonyl (C=O) groups is 1.